The van der Waals surface area contributed by atoms with Gasteiger partial charge < -0.3 is 4.74 Å². The fraction of sp³-hybridized carbons (Fsp3) is 0.571. The molecule has 0 aliphatic carbocycles. The van der Waals surface area contributed by atoms with Crippen LogP contribution in [-0.2, 0) is 9.53 Å². The minimum Gasteiger partial charge on any atom is -0.465 e. The molecule has 0 aromatic heterocycles. The van der Waals surface area contributed by atoms with Crippen LogP contribution in [0, 0.1) is 0 Å². The van der Waals surface area contributed by atoms with Crippen LogP contribution in [0.4, 0.5) is 18.0 Å². The molecular weight excluding hydrogens is 235 g/mol. The lowest BCUT2D eigenvalue weighted by molar-refractivity contribution is -0.142. The highest BCUT2D eigenvalue weighted by molar-refractivity contribution is 8.15. The van der Waals surface area contributed by atoms with E-state index in [2.05, 4.69) is 9.73 Å². The van der Waals surface area contributed by atoms with Crippen LogP contribution in [0.5, 0.6) is 0 Å². The molecule has 1 rings (SSSR count). The highest BCUT2D eigenvalue weighted by Gasteiger charge is 2.49. The maximum absolute atomic E-state index is 12.3. The standard InChI is InChI=1S/C7H6F3NO3S/c1-2-14-5(12)3-4(7(8,9)10)11-6(13)15-3/h3H,2H2,1H3. The highest BCUT2D eigenvalue weighted by Crippen LogP contribution is 2.33. The Hall–Kier alpha value is -1.05. The monoisotopic (exact) mass is 241 g/mol. The molecule has 4 nitrogen and oxygen atoms in total. The summed E-state index contributed by atoms with van der Waals surface area (Å²) in [5.74, 6) is -1.09. The van der Waals surface area contributed by atoms with E-state index in [1.165, 1.54) is 6.92 Å². The number of carbonyl (C=O) groups excluding carboxylic acids is 2. The Balaban J connectivity index is 2.88. The summed E-state index contributed by atoms with van der Waals surface area (Å²) in [6.07, 6.45) is -4.78. The molecule has 0 saturated heterocycles. The lowest BCUT2D eigenvalue weighted by atomic mass is 10.2. The van der Waals surface area contributed by atoms with Gasteiger partial charge in [-0.05, 0) is 18.7 Å². The van der Waals surface area contributed by atoms with Gasteiger partial charge in [0.1, 0.15) is 0 Å². The molecule has 0 aromatic rings. The number of alkyl halides is 3. The molecule has 1 heterocycles. The third kappa shape index (κ3) is 2.71. The van der Waals surface area contributed by atoms with Crippen molar-refractivity contribution < 1.29 is 27.5 Å². The van der Waals surface area contributed by atoms with Gasteiger partial charge in [-0.3, -0.25) is 9.59 Å². The van der Waals surface area contributed by atoms with Crippen LogP contribution < -0.4 is 0 Å². The molecule has 0 aromatic carbocycles. The number of rotatable bonds is 2. The maximum atomic E-state index is 12.3. The molecule has 15 heavy (non-hydrogen) atoms. The molecule has 1 aliphatic heterocycles. The van der Waals surface area contributed by atoms with Crippen LogP contribution in [0.15, 0.2) is 4.99 Å². The highest BCUT2D eigenvalue weighted by atomic mass is 32.2. The zero-order valence-corrected chi connectivity index (χ0v) is 8.32. The van der Waals surface area contributed by atoms with Crippen LogP contribution in [-0.4, -0.2) is 35.0 Å². The van der Waals surface area contributed by atoms with Crippen molar-refractivity contribution in [2.24, 2.45) is 4.99 Å². The topological polar surface area (TPSA) is 55.7 Å². The lowest BCUT2D eigenvalue weighted by Gasteiger charge is -2.12. The van der Waals surface area contributed by atoms with Crippen LogP contribution in [0.2, 0.25) is 0 Å². The summed E-state index contributed by atoms with van der Waals surface area (Å²) < 4.78 is 41.2. The number of esters is 1. The summed E-state index contributed by atoms with van der Waals surface area (Å²) in [5.41, 5.74) is -1.39. The van der Waals surface area contributed by atoms with E-state index in [1.54, 1.807) is 0 Å². The van der Waals surface area contributed by atoms with Gasteiger partial charge in [0, 0.05) is 0 Å². The molecule has 0 N–H and O–H groups in total. The molecule has 1 aliphatic rings. The van der Waals surface area contributed by atoms with Crippen LogP contribution in [0.25, 0.3) is 0 Å². The van der Waals surface area contributed by atoms with Gasteiger partial charge in [-0.25, -0.2) is 4.99 Å². The van der Waals surface area contributed by atoms with Gasteiger partial charge in [0.15, 0.2) is 11.0 Å². The third-order valence-corrected chi connectivity index (χ3v) is 2.41. The van der Waals surface area contributed by atoms with Crippen molar-refractivity contribution in [2.45, 2.75) is 18.3 Å². The molecule has 84 valence electrons. The molecule has 0 bridgehead atoms. The van der Waals surface area contributed by atoms with E-state index in [1.807, 2.05) is 0 Å². The van der Waals surface area contributed by atoms with Gasteiger partial charge in [0.25, 0.3) is 0 Å². The average Bonchev–Trinajstić information content (AvgIpc) is 2.47. The van der Waals surface area contributed by atoms with E-state index in [0.717, 1.165) is 0 Å². The number of amides is 1. The van der Waals surface area contributed by atoms with E-state index in [0.29, 0.717) is 0 Å². The minimum absolute atomic E-state index is 0.0464. The predicted molar refractivity (Wildman–Crippen MR) is 46.9 cm³/mol. The van der Waals surface area contributed by atoms with Gasteiger partial charge in [-0.2, -0.15) is 13.2 Å². The molecule has 0 radical (unpaired) electrons. The maximum Gasteiger partial charge on any atom is 0.431 e. The quantitative estimate of drug-likeness (QED) is 0.691. The van der Waals surface area contributed by atoms with Gasteiger partial charge in [0.05, 0.1) is 6.61 Å². The fourth-order valence-electron chi connectivity index (χ4n) is 0.930. The van der Waals surface area contributed by atoms with E-state index >= 15 is 0 Å². The van der Waals surface area contributed by atoms with Gasteiger partial charge in [-0.1, -0.05) is 0 Å². The summed E-state index contributed by atoms with van der Waals surface area (Å²) in [6.45, 7) is 1.42. The molecule has 8 heteroatoms. The van der Waals surface area contributed by atoms with Crippen molar-refractivity contribution in [1.29, 1.82) is 0 Å². The molecule has 0 spiro atoms. The Morgan fingerprint density at radius 2 is 2.20 bits per heavy atom. The zero-order chi connectivity index (χ0) is 11.6. The normalized spacial score (nSPS) is 21.5. The summed E-state index contributed by atoms with van der Waals surface area (Å²) in [4.78, 5) is 24.5. The number of nitrogens with zero attached hydrogens (tertiary/aromatic N) is 1. The third-order valence-electron chi connectivity index (χ3n) is 1.47. The van der Waals surface area contributed by atoms with Crippen molar-refractivity contribution in [3.8, 4) is 0 Å². The Kier molecular flexibility index (Phi) is 3.38. The SMILES string of the molecule is CCOC(=O)C1SC(=O)N=C1C(F)(F)F. The van der Waals surface area contributed by atoms with Crippen LogP contribution >= 0.6 is 11.8 Å². The Morgan fingerprint density at radius 1 is 1.60 bits per heavy atom. The number of ether oxygens (including phenoxy) is 1. The molecule has 0 saturated carbocycles. The van der Waals surface area contributed by atoms with Crippen LogP contribution in [0.1, 0.15) is 6.92 Å². The Morgan fingerprint density at radius 3 is 2.67 bits per heavy atom. The molecule has 0 fully saturated rings. The number of carbonyl (C=O) groups is 2. The largest absolute Gasteiger partial charge is 0.465 e. The van der Waals surface area contributed by atoms with E-state index in [9.17, 15) is 22.8 Å². The van der Waals surface area contributed by atoms with Gasteiger partial charge in [0.2, 0.25) is 0 Å². The van der Waals surface area contributed by atoms with Crippen molar-refractivity contribution in [3.63, 3.8) is 0 Å². The van der Waals surface area contributed by atoms with E-state index in [-0.39, 0.29) is 18.4 Å². The Bertz CT molecular complexity index is 326. The predicted octanol–water partition coefficient (Wildman–Crippen LogP) is 1.79. The number of aliphatic imine (C=N–C) groups is 1. The number of hydrogen-bond acceptors (Lipinski definition) is 4. The van der Waals surface area contributed by atoms with Gasteiger partial charge in [-0.15, -0.1) is 0 Å². The molecule has 1 atom stereocenters. The fourth-order valence-corrected chi connectivity index (χ4v) is 1.74. The van der Waals surface area contributed by atoms with Gasteiger partial charge >= 0.3 is 17.4 Å². The van der Waals surface area contributed by atoms with E-state index < -0.39 is 28.3 Å². The summed E-state index contributed by atoms with van der Waals surface area (Å²) in [5, 5.41) is -2.71. The molecule has 1 amide bonds. The first-order valence-corrected chi connectivity index (χ1v) is 4.77. The zero-order valence-electron chi connectivity index (χ0n) is 7.50. The lowest BCUT2D eigenvalue weighted by Crippen LogP contribution is -2.36. The summed E-state index contributed by atoms with van der Waals surface area (Å²) in [6, 6.07) is 0. The molecular formula is C7H6F3NO3S. The van der Waals surface area contributed by atoms with Crippen molar-refractivity contribution in [3.05, 3.63) is 0 Å². The first-order chi connectivity index (χ1) is 6.86. The van der Waals surface area contributed by atoms with Crippen molar-refractivity contribution >= 4 is 28.7 Å². The second-order valence-electron chi connectivity index (χ2n) is 2.51. The average molecular weight is 241 g/mol. The van der Waals surface area contributed by atoms with Crippen LogP contribution in [0.3, 0.4) is 0 Å². The number of halogens is 3. The number of thioether (sulfide) groups is 1. The van der Waals surface area contributed by atoms with Crippen molar-refractivity contribution in [1.82, 2.24) is 0 Å². The summed E-state index contributed by atoms with van der Waals surface area (Å²) in [7, 11) is 0. The van der Waals surface area contributed by atoms with Crippen molar-refractivity contribution in [2.75, 3.05) is 6.61 Å². The summed E-state index contributed by atoms with van der Waals surface area (Å²) >= 11 is 0.211. The first-order valence-electron chi connectivity index (χ1n) is 3.89. The second kappa shape index (κ2) is 4.21. The minimum atomic E-state index is -4.78. The molecule has 1 unspecified atom stereocenters. The number of hydrogen-bond donors (Lipinski definition) is 0. The second-order valence-corrected chi connectivity index (χ2v) is 3.57. The first kappa shape index (κ1) is 12.0. The smallest absolute Gasteiger partial charge is 0.431 e. The van der Waals surface area contributed by atoms with E-state index in [4.69, 9.17) is 0 Å². The Labute approximate surface area is 86.9 Å².